The van der Waals surface area contributed by atoms with Gasteiger partial charge >= 0.3 is 0 Å². The molecule has 0 heterocycles. The molecule has 0 aromatic heterocycles. The van der Waals surface area contributed by atoms with E-state index in [-0.39, 0.29) is 6.61 Å². The highest BCUT2D eigenvalue weighted by atomic mass is 16.5. The van der Waals surface area contributed by atoms with Crippen molar-refractivity contribution in [3.05, 3.63) is 95.6 Å². The molecule has 0 saturated carbocycles. The Morgan fingerprint density at radius 1 is 0.774 bits per heavy atom. The molecule has 0 unspecified atom stereocenters. The second-order valence-corrected chi connectivity index (χ2v) is 7.46. The van der Waals surface area contributed by atoms with Crippen LogP contribution in [0.5, 0.6) is 11.5 Å². The molecule has 5 heteroatoms. The van der Waals surface area contributed by atoms with Gasteiger partial charge in [0.05, 0.1) is 33.5 Å². The van der Waals surface area contributed by atoms with Gasteiger partial charge in [0.25, 0.3) is 0 Å². The fourth-order valence-corrected chi connectivity index (χ4v) is 3.58. The molecule has 3 rings (SSSR count). The molecule has 0 saturated heterocycles. The fourth-order valence-electron chi connectivity index (χ4n) is 3.58. The van der Waals surface area contributed by atoms with Gasteiger partial charge in [0.1, 0.15) is 0 Å². The van der Waals surface area contributed by atoms with Crippen molar-refractivity contribution >= 4 is 0 Å². The lowest BCUT2D eigenvalue weighted by atomic mass is 10.1. The Morgan fingerprint density at radius 3 is 2.10 bits per heavy atom. The molecule has 0 amide bonds. The number of aliphatic hydroxyl groups excluding tert-OH is 1. The van der Waals surface area contributed by atoms with Crippen LogP contribution in [0.3, 0.4) is 0 Å². The first-order chi connectivity index (χ1) is 15.2. The molecule has 0 bridgehead atoms. The smallest absolute Gasteiger partial charge is 0.165 e. The Bertz CT molecular complexity index is 902. The summed E-state index contributed by atoms with van der Waals surface area (Å²) in [5.41, 5.74) is 3.29. The molecule has 3 aromatic carbocycles. The zero-order valence-corrected chi connectivity index (χ0v) is 18.2. The summed E-state index contributed by atoms with van der Waals surface area (Å²) < 4.78 is 16.8. The van der Waals surface area contributed by atoms with Crippen molar-refractivity contribution in [1.29, 1.82) is 0 Å². The van der Waals surface area contributed by atoms with Crippen LogP contribution < -0.4 is 9.47 Å². The van der Waals surface area contributed by atoms with E-state index in [9.17, 15) is 5.11 Å². The number of rotatable bonds is 12. The van der Waals surface area contributed by atoms with Gasteiger partial charge < -0.3 is 19.3 Å². The molecule has 0 aliphatic carbocycles. The highest BCUT2D eigenvalue weighted by molar-refractivity contribution is 5.46. The van der Waals surface area contributed by atoms with Crippen LogP contribution in [0.25, 0.3) is 0 Å². The Balaban J connectivity index is 1.66. The summed E-state index contributed by atoms with van der Waals surface area (Å²) in [4.78, 5) is 2.20. The van der Waals surface area contributed by atoms with Gasteiger partial charge in [-0.15, -0.1) is 0 Å². The van der Waals surface area contributed by atoms with E-state index in [0.29, 0.717) is 32.0 Å². The van der Waals surface area contributed by atoms with Crippen LogP contribution in [-0.2, 0) is 24.4 Å². The zero-order valence-electron chi connectivity index (χ0n) is 18.2. The lowest BCUT2D eigenvalue weighted by Gasteiger charge is -2.26. The van der Waals surface area contributed by atoms with Gasteiger partial charge in [-0.1, -0.05) is 72.8 Å². The second-order valence-electron chi connectivity index (χ2n) is 7.46. The van der Waals surface area contributed by atoms with Crippen LogP contribution in [0.1, 0.15) is 16.7 Å². The third-order valence-corrected chi connectivity index (χ3v) is 5.02. The molecule has 0 aliphatic heterocycles. The van der Waals surface area contributed by atoms with Crippen molar-refractivity contribution in [3.63, 3.8) is 0 Å². The Hall–Kier alpha value is -2.86. The van der Waals surface area contributed by atoms with Gasteiger partial charge in [0, 0.05) is 25.2 Å². The van der Waals surface area contributed by atoms with Crippen molar-refractivity contribution in [1.82, 2.24) is 4.90 Å². The molecule has 0 aliphatic rings. The minimum atomic E-state index is -0.607. The van der Waals surface area contributed by atoms with E-state index in [1.54, 1.807) is 14.2 Å². The summed E-state index contributed by atoms with van der Waals surface area (Å²) in [6, 6.07) is 26.1. The Morgan fingerprint density at radius 2 is 1.45 bits per heavy atom. The maximum absolute atomic E-state index is 10.7. The van der Waals surface area contributed by atoms with Gasteiger partial charge in [0.2, 0.25) is 0 Å². The molecule has 0 radical (unpaired) electrons. The SMILES string of the molecule is COc1cccc(CN(Cc2ccccc2)C[C@H](O)COCc2ccccc2)c1OC. The summed E-state index contributed by atoms with van der Waals surface area (Å²) in [6.45, 7) is 2.56. The van der Waals surface area contributed by atoms with E-state index in [4.69, 9.17) is 14.2 Å². The third kappa shape index (κ3) is 7.10. The summed E-state index contributed by atoms with van der Waals surface area (Å²) in [7, 11) is 3.28. The normalized spacial score (nSPS) is 12.0. The predicted molar refractivity (Wildman–Crippen MR) is 122 cm³/mol. The van der Waals surface area contributed by atoms with Gasteiger partial charge in [-0.05, 0) is 17.2 Å². The predicted octanol–water partition coefficient (Wildman–Crippen LogP) is 4.28. The van der Waals surface area contributed by atoms with E-state index >= 15 is 0 Å². The van der Waals surface area contributed by atoms with Gasteiger partial charge in [0.15, 0.2) is 11.5 Å². The fraction of sp³-hybridized carbons (Fsp3) is 0.308. The van der Waals surface area contributed by atoms with Crippen molar-refractivity contribution in [3.8, 4) is 11.5 Å². The summed E-state index contributed by atoms with van der Waals surface area (Å²) in [5.74, 6) is 1.42. The van der Waals surface area contributed by atoms with Crippen LogP contribution >= 0.6 is 0 Å². The van der Waals surface area contributed by atoms with Gasteiger partial charge in [-0.3, -0.25) is 4.90 Å². The lowest BCUT2D eigenvalue weighted by Crippen LogP contribution is -2.34. The van der Waals surface area contributed by atoms with Gasteiger partial charge in [-0.2, -0.15) is 0 Å². The van der Waals surface area contributed by atoms with E-state index < -0.39 is 6.10 Å². The summed E-state index contributed by atoms with van der Waals surface area (Å²) in [6.07, 6.45) is -0.607. The number of benzene rings is 3. The topological polar surface area (TPSA) is 51.2 Å². The largest absolute Gasteiger partial charge is 0.493 e. The third-order valence-electron chi connectivity index (χ3n) is 5.02. The maximum Gasteiger partial charge on any atom is 0.165 e. The minimum absolute atomic E-state index is 0.273. The average molecular weight is 422 g/mol. The second kappa shape index (κ2) is 12.1. The molecular formula is C26H31NO4. The number of aliphatic hydroxyl groups is 1. The van der Waals surface area contributed by atoms with Crippen molar-refractivity contribution < 1.29 is 19.3 Å². The number of hydrogen-bond donors (Lipinski definition) is 1. The Labute approximate surface area is 184 Å². The van der Waals surface area contributed by atoms with Crippen molar-refractivity contribution in [2.75, 3.05) is 27.4 Å². The number of nitrogens with zero attached hydrogens (tertiary/aromatic N) is 1. The van der Waals surface area contributed by atoms with Crippen LogP contribution in [0.2, 0.25) is 0 Å². The van der Waals surface area contributed by atoms with E-state index in [0.717, 1.165) is 16.9 Å². The maximum atomic E-state index is 10.7. The van der Waals surface area contributed by atoms with Gasteiger partial charge in [-0.25, -0.2) is 0 Å². The number of methoxy groups -OCH3 is 2. The summed E-state index contributed by atoms with van der Waals surface area (Å²) in [5, 5.41) is 10.7. The van der Waals surface area contributed by atoms with E-state index in [1.807, 2.05) is 66.7 Å². The molecule has 5 nitrogen and oxygen atoms in total. The molecule has 0 spiro atoms. The highest BCUT2D eigenvalue weighted by Gasteiger charge is 2.17. The molecule has 3 aromatic rings. The van der Waals surface area contributed by atoms with E-state index in [2.05, 4.69) is 17.0 Å². The van der Waals surface area contributed by atoms with Crippen LogP contribution in [0.4, 0.5) is 0 Å². The first kappa shape index (κ1) is 22.8. The Kier molecular flexibility index (Phi) is 8.91. The quantitative estimate of drug-likeness (QED) is 0.473. The van der Waals surface area contributed by atoms with Crippen molar-refractivity contribution in [2.24, 2.45) is 0 Å². The molecule has 0 fully saturated rings. The minimum Gasteiger partial charge on any atom is -0.493 e. The number of ether oxygens (including phenoxy) is 3. The molecule has 1 N–H and O–H groups in total. The van der Waals surface area contributed by atoms with Crippen LogP contribution in [-0.4, -0.2) is 43.5 Å². The monoisotopic (exact) mass is 421 g/mol. The standard InChI is InChI=1S/C26H31NO4/c1-29-25-15-9-14-23(26(25)30-2)17-27(16-21-10-5-3-6-11-21)18-24(28)20-31-19-22-12-7-4-8-13-22/h3-15,24,28H,16-20H2,1-2H3/t24-/m0/s1. The molecule has 164 valence electrons. The van der Waals surface area contributed by atoms with Crippen LogP contribution in [0.15, 0.2) is 78.9 Å². The first-order valence-corrected chi connectivity index (χ1v) is 10.5. The van der Waals surface area contributed by atoms with E-state index in [1.165, 1.54) is 5.56 Å². The summed E-state index contributed by atoms with van der Waals surface area (Å²) >= 11 is 0. The highest BCUT2D eigenvalue weighted by Crippen LogP contribution is 2.31. The first-order valence-electron chi connectivity index (χ1n) is 10.5. The molecule has 1 atom stereocenters. The van der Waals surface area contributed by atoms with Crippen molar-refractivity contribution in [2.45, 2.75) is 25.8 Å². The zero-order chi connectivity index (χ0) is 21.9. The lowest BCUT2D eigenvalue weighted by molar-refractivity contribution is 0.00701. The average Bonchev–Trinajstić information content (AvgIpc) is 2.80. The van der Waals surface area contributed by atoms with Crippen LogP contribution in [0, 0.1) is 0 Å². The molecular weight excluding hydrogens is 390 g/mol. The molecule has 31 heavy (non-hydrogen) atoms. The number of hydrogen-bond acceptors (Lipinski definition) is 5. The number of para-hydroxylation sites is 1.